The molecule has 1 aromatic carbocycles. The molecule has 3 aromatic heterocycles. The molecule has 0 spiro atoms. The van der Waals surface area contributed by atoms with Crippen molar-refractivity contribution < 1.29 is 33.2 Å². The van der Waals surface area contributed by atoms with E-state index in [0.717, 1.165) is 28.0 Å². The summed E-state index contributed by atoms with van der Waals surface area (Å²) in [7, 11) is 0. The van der Waals surface area contributed by atoms with E-state index in [1.807, 2.05) is 33.8 Å². The molecule has 5 atom stereocenters. The Hall–Kier alpha value is -3.59. The predicted octanol–water partition coefficient (Wildman–Crippen LogP) is 5.17. The van der Waals surface area contributed by atoms with Gasteiger partial charge in [0.25, 0.3) is 0 Å². The maximum Gasteiger partial charge on any atom is 0.573 e. The number of aryl methyl sites for hydroxylation is 3. The minimum atomic E-state index is -4.78. The van der Waals surface area contributed by atoms with Crippen molar-refractivity contribution in [1.82, 2.24) is 19.9 Å². The van der Waals surface area contributed by atoms with E-state index >= 15 is 0 Å². The van der Waals surface area contributed by atoms with E-state index in [0.29, 0.717) is 40.5 Å². The number of rotatable bonds is 10. The predicted molar refractivity (Wildman–Crippen MR) is 162 cm³/mol. The highest BCUT2D eigenvalue weighted by atomic mass is 32.1. The molecule has 1 aliphatic rings. The van der Waals surface area contributed by atoms with Crippen LogP contribution in [0.5, 0.6) is 5.75 Å². The SMILES string of the molecule is CCc1cc2sc(-c3c(C)nc(N[C@H](C)c4ccc(OC(F)(F)F)cc4)nc3N[C@@H]3C[C@H](CO)[C@@H](O)[C@H]3O)nc2c(CC)n1. The lowest BCUT2D eigenvalue weighted by Gasteiger charge is -2.22. The second-order valence-corrected chi connectivity index (χ2v) is 11.9. The van der Waals surface area contributed by atoms with E-state index < -0.39 is 30.5 Å². The number of aromatic nitrogens is 4. The van der Waals surface area contributed by atoms with E-state index in [4.69, 9.17) is 19.9 Å². The fraction of sp³-hybridized carbons (Fsp3) is 0.467. The van der Waals surface area contributed by atoms with Gasteiger partial charge in [-0.05, 0) is 56.9 Å². The molecule has 0 bridgehead atoms. The number of hydrogen-bond acceptors (Lipinski definition) is 11. The molecule has 44 heavy (non-hydrogen) atoms. The van der Waals surface area contributed by atoms with Crippen LogP contribution in [-0.2, 0) is 12.8 Å². The number of anilines is 2. The van der Waals surface area contributed by atoms with E-state index in [-0.39, 0.29) is 24.3 Å². The second kappa shape index (κ2) is 12.8. The van der Waals surface area contributed by atoms with Gasteiger partial charge in [0.15, 0.2) is 0 Å². The Bertz CT molecular complexity index is 1620. The molecule has 0 aliphatic heterocycles. The number of hydrogen-bond donors (Lipinski definition) is 5. The van der Waals surface area contributed by atoms with Gasteiger partial charge >= 0.3 is 6.36 Å². The summed E-state index contributed by atoms with van der Waals surface area (Å²) in [5, 5.41) is 38.1. The molecule has 4 aromatic rings. The summed E-state index contributed by atoms with van der Waals surface area (Å²) in [6.07, 6.45) is -5.20. The van der Waals surface area contributed by atoms with Crippen LogP contribution in [0.15, 0.2) is 30.3 Å². The summed E-state index contributed by atoms with van der Waals surface area (Å²) in [5.74, 6) is -0.187. The maximum atomic E-state index is 12.6. The van der Waals surface area contributed by atoms with Crippen LogP contribution in [0.4, 0.5) is 24.9 Å². The number of nitrogens with zero attached hydrogens (tertiary/aromatic N) is 4. The van der Waals surface area contributed by atoms with Crippen molar-refractivity contribution in [3.05, 3.63) is 53.0 Å². The van der Waals surface area contributed by atoms with Crippen LogP contribution in [0.2, 0.25) is 0 Å². The molecule has 0 unspecified atom stereocenters. The molecule has 0 saturated heterocycles. The quantitative estimate of drug-likeness (QED) is 0.159. The number of ether oxygens (including phenoxy) is 1. The van der Waals surface area contributed by atoms with Gasteiger partial charge in [0.05, 0.1) is 39.8 Å². The highest BCUT2D eigenvalue weighted by Crippen LogP contribution is 2.39. The number of thiazole rings is 1. The van der Waals surface area contributed by atoms with Crippen LogP contribution in [0.1, 0.15) is 55.9 Å². The molecule has 14 heteroatoms. The molecular formula is C30H35F3N6O4S. The van der Waals surface area contributed by atoms with Gasteiger partial charge in [-0.15, -0.1) is 24.5 Å². The minimum absolute atomic E-state index is 0.244. The molecule has 5 rings (SSSR count). The van der Waals surface area contributed by atoms with Crippen molar-refractivity contribution in [2.24, 2.45) is 5.92 Å². The number of benzene rings is 1. The van der Waals surface area contributed by atoms with Crippen LogP contribution in [-0.4, -0.2) is 66.5 Å². The molecule has 3 heterocycles. The fourth-order valence-corrected chi connectivity index (χ4v) is 6.59. The van der Waals surface area contributed by atoms with Crippen molar-refractivity contribution in [1.29, 1.82) is 0 Å². The third-order valence-corrected chi connectivity index (χ3v) is 8.84. The van der Waals surface area contributed by atoms with Gasteiger partial charge < -0.3 is 30.7 Å². The third-order valence-electron chi connectivity index (χ3n) is 7.82. The lowest BCUT2D eigenvalue weighted by molar-refractivity contribution is -0.274. The Morgan fingerprint density at radius 2 is 1.77 bits per heavy atom. The monoisotopic (exact) mass is 632 g/mol. The Balaban J connectivity index is 1.51. The van der Waals surface area contributed by atoms with Gasteiger partial charge in [0, 0.05) is 18.2 Å². The normalized spacial score (nSPS) is 21.0. The summed E-state index contributed by atoms with van der Waals surface area (Å²) in [6.45, 7) is 7.45. The molecule has 0 amide bonds. The Labute approximate surface area is 256 Å². The summed E-state index contributed by atoms with van der Waals surface area (Å²) in [6, 6.07) is 6.57. The first-order chi connectivity index (χ1) is 20.9. The molecule has 5 N–H and O–H groups in total. The Morgan fingerprint density at radius 3 is 2.39 bits per heavy atom. The number of aliphatic hydroxyl groups is 3. The Morgan fingerprint density at radius 1 is 1.05 bits per heavy atom. The zero-order chi connectivity index (χ0) is 31.8. The van der Waals surface area contributed by atoms with Crippen molar-refractivity contribution >= 4 is 33.3 Å². The van der Waals surface area contributed by atoms with E-state index in [1.54, 1.807) is 0 Å². The molecule has 1 saturated carbocycles. The summed E-state index contributed by atoms with van der Waals surface area (Å²) in [4.78, 5) is 19.1. The van der Waals surface area contributed by atoms with E-state index in [9.17, 15) is 28.5 Å². The number of alkyl halides is 3. The van der Waals surface area contributed by atoms with Crippen molar-refractivity contribution in [3.63, 3.8) is 0 Å². The first-order valence-corrected chi connectivity index (χ1v) is 15.3. The third kappa shape index (κ3) is 6.72. The lowest BCUT2D eigenvalue weighted by atomic mass is 10.1. The average Bonchev–Trinajstić information content (AvgIpc) is 3.51. The largest absolute Gasteiger partial charge is 0.573 e. The zero-order valence-electron chi connectivity index (χ0n) is 24.7. The standard InChI is InChI=1S/C30H35F3N6O4S/c1-5-18-12-22-24(20(6-2)36-18)38-28(44-22)23-15(4)35-29(39-27(23)37-21-11-17(13-40)25(41)26(21)42)34-14(3)16-7-9-19(10-8-16)43-30(31,32)33/h7-10,12,14,17,21,25-26,40-42H,5-6,11,13H2,1-4H3,(H2,34,35,37,39)/t14-,17-,21-,25-,26+/m1/s1. The number of halogens is 3. The van der Waals surface area contributed by atoms with Crippen molar-refractivity contribution in [2.45, 2.75) is 77.6 Å². The molecule has 236 valence electrons. The highest BCUT2D eigenvalue weighted by molar-refractivity contribution is 7.21. The average molecular weight is 633 g/mol. The van der Waals surface area contributed by atoms with Gasteiger partial charge in [-0.2, -0.15) is 4.98 Å². The summed E-state index contributed by atoms with van der Waals surface area (Å²) < 4.78 is 42.7. The van der Waals surface area contributed by atoms with E-state index in [2.05, 4.69) is 15.4 Å². The highest BCUT2D eigenvalue weighted by Gasteiger charge is 2.41. The Kier molecular flexibility index (Phi) is 9.25. The van der Waals surface area contributed by atoms with Gasteiger partial charge in [0.2, 0.25) is 5.95 Å². The summed E-state index contributed by atoms with van der Waals surface area (Å²) in [5.41, 5.74) is 4.58. The number of pyridine rings is 1. The number of nitrogens with one attached hydrogen (secondary N) is 2. The molecule has 1 fully saturated rings. The van der Waals surface area contributed by atoms with Crippen molar-refractivity contribution in [3.8, 4) is 16.3 Å². The maximum absolute atomic E-state index is 12.6. The minimum Gasteiger partial charge on any atom is -0.406 e. The van der Waals surface area contributed by atoms with Crippen LogP contribution in [0.3, 0.4) is 0 Å². The lowest BCUT2D eigenvalue weighted by Crippen LogP contribution is -2.35. The smallest absolute Gasteiger partial charge is 0.406 e. The molecule has 0 radical (unpaired) electrons. The second-order valence-electron chi connectivity index (χ2n) is 10.9. The van der Waals surface area contributed by atoms with E-state index in [1.165, 1.54) is 35.6 Å². The topological polar surface area (TPSA) is 146 Å². The van der Waals surface area contributed by atoms with Gasteiger partial charge in [0.1, 0.15) is 28.2 Å². The van der Waals surface area contributed by atoms with Crippen LogP contribution >= 0.6 is 11.3 Å². The van der Waals surface area contributed by atoms with Crippen molar-refractivity contribution in [2.75, 3.05) is 17.2 Å². The van der Waals surface area contributed by atoms with Gasteiger partial charge in [-0.1, -0.05) is 26.0 Å². The van der Waals surface area contributed by atoms with Crippen LogP contribution in [0, 0.1) is 12.8 Å². The van der Waals surface area contributed by atoms with Crippen LogP contribution in [0.25, 0.3) is 20.8 Å². The zero-order valence-corrected chi connectivity index (χ0v) is 25.5. The summed E-state index contributed by atoms with van der Waals surface area (Å²) >= 11 is 1.49. The molecule has 10 nitrogen and oxygen atoms in total. The molecule has 1 aliphatic carbocycles. The van der Waals surface area contributed by atoms with Gasteiger partial charge in [-0.3, -0.25) is 4.98 Å². The van der Waals surface area contributed by atoms with Gasteiger partial charge in [-0.25, -0.2) is 9.97 Å². The first-order valence-electron chi connectivity index (χ1n) is 14.4. The molecular weight excluding hydrogens is 597 g/mol. The van der Waals surface area contributed by atoms with Crippen LogP contribution < -0.4 is 15.4 Å². The number of fused-ring (bicyclic) bond motifs is 1. The number of aliphatic hydroxyl groups excluding tert-OH is 3. The first kappa shape index (κ1) is 31.8. The fourth-order valence-electron chi connectivity index (χ4n) is 5.44.